The van der Waals surface area contributed by atoms with Gasteiger partial charge in [-0.1, -0.05) is 51.1 Å². The quantitative estimate of drug-likeness (QED) is 0.904. The van der Waals surface area contributed by atoms with E-state index in [4.69, 9.17) is 5.73 Å². The first-order valence-electron chi connectivity index (χ1n) is 8.18. The van der Waals surface area contributed by atoms with Gasteiger partial charge >= 0.3 is 0 Å². The van der Waals surface area contributed by atoms with E-state index in [1.807, 2.05) is 0 Å². The van der Waals surface area contributed by atoms with Crippen molar-refractivity contribution in [3.05, 3.63) is 35.9 Å². The lowest BCUT2D eigenvalue weighted by atomic mass is 9.87. The van der Waals surface area contributed by atoms with Crippen molar-refractivity contribution in [2.45, 2.75) is 39.8 Å². The summed E-state index contributed by atoms with van der Waals surface area (Å²) in [6.45, 7) is 13.3. The van der Waals surface area contributed by atoms with Gasteiger partial charge in [-0.25, -0.2) is 0 Å². The summed E-state index contributed by atoms with van der Waals surface area (Å²) in [7, 11) is 0. The number of nitrogens with two attached hydrogens (primary N) is 1. The molecule has 1 heterocycles. The molecule has 1 aromatic rings. The van der Waals surface area contributed by atoms with E-state index in [1.54, 1.807) is 0 Å². The average molecular weight is 289 g/mol. The van der Waals surface area contributed by atoms with Crippen LogP contribution in [0.4, 0.5) is 0 Å². The molecule has 0 radical (unpaired) electrons. The number of nitrogens with zero attached hydrogens (tertiary/aromatic N) is 2. The number of hydrogen-bond acceptors (Lipinski definition) is 3. The van der Waals surface area contributed by atoms with Crippen LogP contribution in [0, 0.1) is 5.41 Å². The molecule has 1 aliphatic heterocycles. The molecule has 0 spiro atoms. The molecule has 2 N–H and O–H groups in total. The van der Waals surface area contributed by atoms with Gasteiger partial charge in [-0.05, 0) is 17.4 Å². The highest BCUT2D eigenvalue weighted by molar-refractivity contribution is 5.14. The molecule has 118 valence electrons. The second-order valence-corrected chi connectivity index (χ2v) is 7.45. The summed E-state index contributed by atoms with van der Waals surface area (Å²) in [5, 5.41) is 0. The first kappa shape index (κ1) is 16.5. The highest BCUT2D eigenvalue weighted by Gasteiger charge is 2.26. The van der Waals surface area contributed by atoms with Gasteiger partial charge in [0.2, 0.25) is 0 Å². The normalized spacial score (nSPS) is 19.6. The minimum Gasteiger partial charge on any atom is -0.329 e. The Morgan fingerprint density at radius 3 is 2.19 bits per heavy atom. The fourth-order valence-corrected chi connectivity index (χ4v) is 3.20. The fourth-order valence-electron chi connectivity index (χ4n) is 3.20. The van der Waals surface area contributed by atoms with Crippen molar-refractivity contribution in [1.29, 1.82) is 0 Å². The van der Waals surface area contributed by atoms with E-state index in [9.17, 15) is 0 Å². The van der Waals surface area contributed by atoms with Crippen LogP contribution in [0.5, 0.6) is 0 Å². The highest BCUT2D eigenvalue weighted by atomic mass is 15.3. The zero-order valence-corrected chi connectivity index (χ0v) is 13.9. The molecular formula is C18H31N3. The molecule has 0 amide bonds. The number of benzene rings is 1. The lowest BCUT2D eigenvalue weighted by molar-refractivity contribution is 0.0764. The van der Waals surface area contributed by atoms with Gasteiger partial charge in [0.1, 0.15) is 0 Å². The molecule has 3 nitrogen and oxygen atoms in total. The molecule has 2 rings (SSSR count). The second kappa shape index (κ2) is 7.39. The van der Waals surface area contributed by atoms with Crippen LogP contribution >= 0.6 is 0 Å². The Bertz CT molecular complexity index is 402. The van der Waals surface area contributed by atoms with Crippen LogP contribution in [0.25, 0.3) is 0 Å². The third-order valence-corrected chi connectivity index (χ3v) is 4.29. The van der Waals surface area contributed by atoms with Crippen LogP contribution in [0.1, 0.15) is 32.8 Å². The van der Waals surface area contributed by atoms with Crippen molar-refractivity contribution in [1.82, 2.24) is 9.80 Å². The maximum Gasteiger partial charge on any atom is 0.0234 e. The average Bonchev–Trinajstić information content (AvgIpc) is 2.46. The minimum absolute atomic E-state index is 0.352. The van der Waals surface area contributed by atoms with E-state index in [1.165, 1.54) is 12.0 Å². The molecule has 1 atom stereocenters. The molecule has 1 unspecified atom stereocenters. The Kier molecular flexibility index (Phi) is 5.80. The molecule has 0 aromatic heterocycles. The molecule has 3 heteroatoms. The van der Waals surface area contributed by atoms with Crippen molar-refractivity contribution < 1.29 is 0 Å². The SMILES string of the molecule is CC(C)(C)CC(CN)N1CCN(Cc2ccccc2)CC1. The predicted molar refractivity (Wildman–Crippen MR) is 90.2 cm³/mol. The van der Waals surface area contributed by atoms with Crippen LogP contribution < -0.4 is 5.73 Å². The lowest BCUT2D eigenvalue weighted by Crippen LogP contribution is -2.52. The zero-order chi connectivity index (χ0) is 15.3. The summed E-state index contributed by atoms with van der Waals surface area (Å²) in [6, 6.07) is 11.3. The predicted octanol–water partition coefficient (Wildman–Crippen LogP) is 2.57. The van der Waals surface area contributed by atoms with Crippen LogP contribution in [-0.2, 0) is 6.54 Å². The van der Waals surface area contributed by atoms with Gasteiger partial charge in [0, 0.05) is 45.3 Å². The van der Waals surface area contributed by atoms with Crippen molar-refractivity contribution in [2.75, 3.05) is 32.7 Å². The zero-order valence-electron chi connectivity index (χ0n) is 13.9. The van der Waals surface area contributed by atoms with Gasteiger partial charge in [0.15, 0.2) is 0 Å². The molecule has 0 aliphatic carbocycles. The standard InChI is InChI=1S/C18H31N3/c1-18(2,3)13-17(14-19)21-11-9-20(10-12-21)15-16-7-5-4-6-8-16/h4-8,17H,9-15,19H2,1-3H3. The second-order valence-electron chi connectivity index (χ2n) is 7.45. The molecule has 21 heavy (non-hydrogen) atoms. The third kappa shape index (κ3) is 5.42. The smallest absolute Gasteiger partial charge is 0.0234 e. The topological polar surface area (TPSA) is 32.5 Å². The lowest BCUT2D eigenvalue weighted by Gasteiger charge is -2.41. The van der Waals surface area contributed by atoms with Crippen LogP contribution in [0.3, 0.4) is 0 Å². The van der Waals surface area contributed by atoms with Gasteiger partial charge in [-0.15, -0.1) is 0 Å². The molecule has 1 fully saturated rings. The Labute approximate surface area is 130 Å². The summed E-state index contributed by atoms with van der Waals surface area (Å²) >= 11 is 0. The molecular weight excluding hydrogens is 258 g/mol. The number of piperazine rings is 1. The molecule has 1 saturated heterocycles. The number of rotatable bonds is 5. The van der Waals surface area contributed by atoms with E-state index in [-0.39, 0.29) is 0 Å². The van der Waals surface area contributed by atoms with E-state index in [0.29, 0.717) is 11.5 Å². The minimum atomic E-state index is 0.352. The monoisotopic (exact) mass is 289 g/mol. The maximum atomic E-state index is 6.01. The fraction of sp³-hybridized carbons (Fsp3) is 0.667. The van der Waals surface area contributed by atoms with Gasteiger partial charge < -0.3 is 5.73 Å². The Hall–Kier alpha value is -0.900. The van der Waals surface area contributed by atoms with Crippen LogP contribution in [0.15, 0.2) is 30.3 Å². The summed E-state index contributed by atoms with van der Waals surface area (Å²) in [5.74, 6) is 0. The van der Waals surface area contributed by atoms with Crippen molar-refractivity contribution >= 4 is 0 Å². The molecule has 1 aliphatic rings. The molecule has 0 saturated carbocycles. The summed E-state index contributed by atoms with van der Waals surface area (Å²) in [5.41, 5.74) is 7.78. The Balaban J connectivity index is 1.82. The first-order valence-corrected chi connectivity index (χ1v) is 8.18. The molecule has 0 bridgehead atoms. The number of hydrogen-bond donors (Lipinski definition) is 1. The van der Waals surface area contributed by atoms with Crippen molar-refractivity contribution in [3.63, 3.8) is 0 Å². The van der Waals surface area contributed by atoms with E-state index in [0.717, 1.165) is 39.3 Å². The van der Waals surface area contributed by atoms with Crippen molar-refractivity contribution in [3.8, 4) is 0 Å². The van der Waals surface area contributed by atoms with Gasteiger partial charge in [-0.3, -0.25) is 9.80 Å². The van der Waals surface area contributed by atoms with Crippen molar-refractivity contribution in [2.24, 2.45) is 11.1 Å². The summed E-state index contributed by atoms with van der Waals surface area (Å²) in [6.07, 6.45) is 1.18. The largest absolute Gasteiger partial charge is 0.329 e. The van der Waals surface area contributed by atoms with E-state index < -0.39 is 0 Å². The Morgan fingerprint density at radius 2 is 1.67 bits per heavy atom. The highest BCUT2D eigenvalue weighted by Crippen LogP contribution is 2.24. The van der Waals surface area contributed by atoms with Crippen LogP contribution in [-0.4, -0.2) is 48.6 Å². The van der Waals surface area contributed by atoms with Gasteiger partial charge in [0.25, 0.3) is 0 Å². The van der Waals surface area contributed by atoms with Gasteiger partial charge in [0.05, 0.1) is 0 Å². The summed E-state index contributed by atoms with van der Waals surface area (Å²) in [4.78, 5) is 5.14. The maximum absolute atomic E-state index is 6.01. The van der Waals surface area contributed by atoms with Gasteiger partial charge in [-0.2, -0.15) is 0 Å². The Morgan fingerprint density at radius 1 is 1.05 bits per heavy atom. The first-order chi connectivity index (χ1) is 9.98. The summed E-state index contributed by atoms with van der Waals surface area (Å²) < 4.78 is 0. The van der Waals surface area contributed by atoms with E-state index >= 15 is 0 Å². The van der Waals surface area contributed by atoms with Crippen LogP contribution in [0.2, 0.25) is 0 Å². The third-order valence-electron chi connectivity index (χ3n) is 4.29. The molecule has 1 aromatic carbocycles. The van der Waals surface area contributed by atoms with E-state index in [2.05, 4.69) is 60.9 Å².